The molecule has 4 rings (SSSR count). The lowest BCUT2D eigenvalue weighted by Gasteiger charge is -2.09. The molecular weight excluding hydrogens is 462 g/mol. The highest BCUT2D eigenvalue weighted by Gasteiger charge is 2.17. The fourth-order valence-electron chi connectivity index (χ4n) is 3.44. The third-order valence-electron chi connectivity index (χ3n) is 5.17. The number of ether oxygens (including phenoxy) is 2. The van der Waals surface area contributed by atoms with Crippen LogP contribution >= 0.6 is 11.8 Å². The van der Waals surface area contributed by atoms with Gasteiger partial charge in [0.05, 0.1) is 47.2 Å². The van der Waals surface area contributed by atoms with Crippen LogP contribution in [0.2, 0.25) is 0 Å². The quantitative estimate of drug-likeness (QED) is 0.426. The number of methoxy groups -OCH3 is 1. The van der Waals surface area contributed by atoms with Crippen LogP contribution in [0.3, 0.4) is 0 Å². The number of hydrogen-bond donors (Lipinski definition) is 1. The van der Waals surface area contributed by atoms with Gasteiger partial charge in [0.2, 0.25) is 5.91 Å². The van der Waals surface area contributed by atoms with Crippen molar-refractivity contribution in [3.8, 4) is 5.75 Å². The molecule has 3 aromatic carbocycles. The van der Waals surface area contributed by atoms with E-state index in [-0.39, 0.29) is 17.6 Å². The van der Waals surface area contributed by atoms with E-state index in [1.54, 1.807) is 38.3 Å². The number of nitrogens with one attached hydrogen (secondary N) is 1. The van der Waals surface area contributed by atoms with E-state index in [0.717, 1.165) is 33.4 Å². The van der Waals surface area contributed by atoms with Gasteiger partial charge < -0.3 is 14.8 Å². The van der Waals surface area contributed by atoms with E-state index in [1.165, 1.54) is 11.8 Å². The average molecular weight is 488 g/mol. The van der Waals surface area contributed by atoms with Crippen molar-refractivity contribution in [1.82, 2.24) is 0 Å². The molecule has 1 amide bonds. The number of anilines is 1. The monoisotopic (exact) mass is 487 g/mol. The second-order valence-corrected chi connectivity index (χ2v) is 8.64. The van der Waals surface area contributed by atoms with Gasteiger partial charge >= 0.3 is 5.97 Å². The molecule has 1 heterocycles. The van der Waals surface area contributed by atoms with E-state index < -0.39 is 0 Å². The number of amides is 1. The number of fused-ring (bicyclic) bond motifs is 1. The highest BCUT2D eigenvalue weighted by atomic mass is 32.2. The van der Waals surface area contributed by atoms with Crippen molar-refractivity contribution < 1.29 is 19.1 Å². The maximum atomic E-state index is 12.6. The first-order valence-corrected chi connectivity index (χ1v) is 12.1. The van der Waals surface area contributed by atoms with Crippen LogP contribution in [0.4, 0.5) is 17.1 Å². The smallest absolute Gasteiger partial charge is 0.338 e. The van der Waals surface area contributed by atoms with Crippen molar-refractivity contribution in [3.05, 3.63) is 83.9 Å². The summed E-state index contributed by atoms with van der Waals surface area (Å²) in [5.41, 5.74) is 4.46. The van der Waals surface area contributed by atoms with Gasteiger partial charge in [0, 0.05) is 12.1 Å². The molecule has 0 bridgehead atoms. The summed E-state index contributed by atoms with van der Waals surface area (Å²) in [6, 6.07) is 22.1. The molecule has 3 aromatic rings. The average Bonchev–Trinajstić information content (AvgIpc) is 3.07. The predicted octanol–water partition coefficient (Wildman–Crippen LogP) is 5.80. The summed E-state index contributed by atoms with van der Waals surface area (Å²) in [7, 11) is 1.63. The van der Waals surface area contributed by atoms with Crippen LogP contribution in [0.15, 0.2) is 82.8 Å². The van der Waals surface area contributed by atoms with Crippen LogP contribution in [0.25, 0.3) is 0 Å². The topological polar surface area (TPSA) is 89.3 Å². The van der Waals surface area contributed by atoms with E-state index in [9.17, 15) is 9.59 Å². The van der Waals surface area contributed by atoms with Gasteiger partial charge in [0.15, 0.2) is 0 Å². The van der Waals surface area contributed by atoms with Crippen molar-refractivity contribution in [3.63, 3.8) is 0 Å². The Balaban J connectivity index is 1.44. The van der Waals surface area contributed by atoms with E-state index >= 15 is 0 Å². The maximum Gasteiger partial charge on any atom is 0.338 e. The lowest BCUT2D eigenvalue weighted by Crippen LogP contribution is -2.16. The molecule has 35 heavy (non-hydrogen) atoms. The molecule has 0 saturated heterocycles. The molecule has 1 aliphatic heterocycles. The van der Waals surface area contributed by atoms with Crippen molar-refractivity contribution in [2.45, 2.75) is 13.3 Å². The van der Waals surface area contributed by atoms with Crippen molar-refractivity contribution in [1.29, 1.82) is 0 Å². The summed E-state index contributed by atoms with van der Waals surface area (Å²) >= 11 is 1.38. The van der Waals surface area contributed by atoms with Gasteiger partial charge in [-0.15, -0.1) is 11.8 Å². The van der Waals surface area contributed by atoms with Gasteiger partial charge in [-0.25, -0.2) is 9.79 Å². The van der Waals surface area contributed by atoms with E-state index in [4.69, 9.17) is 19.5 Å². The molecule has 0 atom stereocenters. The largest absolute Gasteiger partial charge is 0.497 e. The van der Waals surface area contributed by atoms with Crippen LogP contribution in [-0.2, 0) is 9.53 Å². The Kier molecular flexibility index (Phi) is 7.95. The Hall–Kier alpha value is -3.91. The standard InChI is InChI=1S/C27H25N3O4S/c1-3-34-27(32)19-8-12-20(13-9-19)28-25(31)17-35-26-16-24(18-10-14-21(33-2)15-11-18)29-22-6-4-5-7-23(22)30-26/h4-15H,3,16-17H2,1-2H3,(H,28,31). The van der Waals surface area contributed by atoms with Gasteiger partial charge in [-0.2, -0.15) is 0 Å². The van der Waals surface area contributed by atoms with Crippen LogP contribution in [0.5, 0.6) is 5.75 Å². The summed E-state index contributed by atoms with van der Waals surface area (Å²) in [6.45, 7) is 2.07. The van der Waals surface area contributed by atoms with Crippen molar-refractivity contribution >= 4 is 51.5 Å². The molecule has 1 aliphatic rings. The lowest BCUT2D eigenvalue weighted by atomic mass is 10.1. The molecule has 0 saturated carbocycles. The third kappa shape index (κ3) is 6.36. The number of carbonyl (C=O) groups excluding carboxylic acids is 2. The second kappa shape index (κ2) is 11.5. The van der Waals surface area contributed by atoms with Crippen LogP contribution < -0.4 is 10.1 Å². The highest BCUT2D eigenvalue weighted by Crippen LogP contribution is 2.33. The molecule has 7 nitrogen and oxygen atoms in total. The third-order valence-corrected chi connectivity index (χ3v) is 6.15. The molecule has 0 spiro atoms. The summed E-state index contributed by atoms with van der Waals surface area (Å²) < 4.78 is 10.2. The highest BCUT2D eigenvalue weighted by molar-refractivity contribution is 8.14. The summed E-state index contributed by atoms with van der Waals surface area (Å²) in [5.74, 6) is 0.416. The van der Waals surface area contributed by atoms with Gasteiger partial charge in [-0.1, -0.05) is 12.1 Å². The summed E-state index contributed by atoms with van der Waals surface area (Å²) in [4.78, 5) is 34.0. The Bertz CT molecular complexity index is 1270. The number of benzene rings is 3. The number of nitrogens with zero attached hydrogens (tertiary/aromatic N) is 2. The number of thioether (sulfide) groups is 1. The fraction of sp³-hybridized carbons (Fsp3) is 0.185. The minimum atomic E-state index is -0.387. The minimum absolute atomic E-state index is 0.165. The van der Waals surface area contributed by atoms with Crippen LogP contribution in [0, 0.1) is 0 Å². The van der Waals surface area contributed by atoms with Gasteiger partial charge in [-0.3, -0.25) is 9.79 Å². The van der Waals surface area contributed by atoms with E-state index in [2.05, 4.69) is 5.32 Å². The van der Waals surface area contributed by atoms with Crippen molar-refractivity contribution in [2.24, 2.45) is 9.98 Å². The number of aliphatic imine (C=N–C) groups is 2. The maximum absolute atomic E-state index is 12.6. The number of carbonyl (C=O) groups is 2. The van der Waals surface area contributed by atoms with E-state index in [0.29, 0.717) is 24.3 Å². The number of hydrogen-bond acceptors (Lipinski definition) is 7. The first-order valence-electron chi connectivity index (χ1n) is 11.1. The summed E-state index contributed by atoms with van der Waals surface area (Å²) in [6.07, 6.45) is 0.507. The minimum Gasteiger partial charge on any atom is -0.497 e. The second-order valence-electron chi connectivity index (χ2n) is 7.59. The van der Waals surface area contributed by atoms with Crippen LogP contribution in [0.1, 0.15) is 29.3 Å². The molecule has 1 N–H and O–H groups in total. The van der Waals surface area contributed by atoms with Gasteiger partial charge in [-0.05, 0) is 73.2 Å². The van der Waals surface area contributed by atoms with Crippen LogP contribution in [-0.4, -0.2) is 42.1 Å². The Labute approximate surface area is 208 Å². The summed E-state index contributed by atoms with van der Waals surface area (Å²) in [5, 5.41) is 3.66. The molecule has 0 aliphatic carbocycles. The normalized spacial score (nSPS) is 12.5. The molecule has 0 aromatic heterocycles. The molecule has 178 valence electrons. The number of esters is 1. The molecule has 0 unspecified atom stereocenters. The number of para-hydroxylation sites is 2. The predicted molar refractivity (Wildman–Crippen MR) is 141 cm³/mol. The first kappa shape index (κ1) is 24.2. The fourth-order valence-corrected chi connectivity index (χ4v) is 4.21. The van der Waals surface area contributed by atoms with E-state index in [1.807, 2.05) is 48.5 Å². The Morgan fingerprint density at radius 2 is 1.63 bits per heavy atom. The van der Waals surface area contributed by atoms with Gasteiger partial charge in [0.25, 0.3) is 0 Å². The molecule has 0 fully saturated rings. The zero-order valence-corrected chi connectivity index (χ0v) is 20.3. The number of rotatable bonds is 7. The molecule has 0 radical (unpaired) electrons. The lowest BCUT2D eigenvalue weighted by molar-refractivity contribution is -0.113. The Morgan fingerprint density at radius 1 is 0.943 bits per heavy atom. The van der Waals surface area contributed by atoms with Crippen molar-refractivity contribution in [2.75, 3.05) is 24.8 Å². The zero-order valence-electron chi connectivity index (χ0n) is 19.5. The SMILES string of the molecule is CCOC(=O)c1ccc(NC(=O)CSC2=Nc3ccccc3N=C(c3ccc(OC)cc3)C2)cc1. The molecular formula is C27H25N3O4S. The Morgan fingerprint density at radius 3 is 2.29 bits per heavy atom. The van der Waals surface area contributed by atoms with Gasteiger partial charge in [0.1, 0.15) is 5.75 Å². The molecule has 8 heteroatoms. The first-order chi connectivity index (χ1) is 17.1. The zero-order chi connectivity index (χ0) is 24.6.